The van der Waals surface area contributed by atoms with Crippen molar-refractivity contribution in [2.75, 3.05) is 23.9 Å². The second-order valence-electron chi connectivity index (χ2n) is 10.2. The number of nitrogens with zero attached hydrogens (tertiary/aromatic N) is 2. The van der Waals surface area contributed by atoms with Crippen molar-refractivity contribution in [3.63, 3.8) is 0 Å². The monoisotopic (exact) mass is 496 g/mol. The van der Waals surface area contributed by atoms with E-state index in [2.05, 4.69) is 53.4 Å². The minimum Gasteiger partial charge on any atom is -0.478 e. The number of carboxylic acids is 1. The van der Waals surface area contributed by atoms with Crippen molar-refractivity contribution in [3.8, 4) is 11.1 Å². The van der Waals surface area contributed by atoms with E-state index in [1.807, 2.05) is 44.1 Å². The third-order valence-corrected chi connectivity index (χ3v) is 7.05. The van der Waals surface area contributed by atoms with Gasteiger partial charge in [0.2, 0.25) is 5.91 Å². The molecule has 0 aliphatic heterocycles. The van der Waals surface area contributed by atoms with Gasteiger partial charge in [0, 0.05) is 37.5 Å². The predicted octanol–water partition coefficient (Wildman–Crippen LogP) is 6.94. The quantitative estimate of drug-likeness (QED) is 0.343. The largest absolute Gasteiger partial charge is 0.478 e. The van der Waals surface area contributed by atoms with E-state index in [-0.39, 0.29) is 11.8 Å². The Balaban J connectivity index is 1.62. The number of carbonyl (C=O) groups is 2. The van der Waals surface area contributed by atoms with Crippen LogP contribution >= 0.6 is 0 Å². The Morgan fingerprint density at radius 3 is 2.08 bits per heavy atom. The Labute approximate surface area is 220 Å². The zero-order valence-electron chi connectivity index (χ0n) is 22.0. The number of carbonyl (C=O) groups excluding carboxylic acids is 1. The second-order valence-corrected chi connectivity index (χ2v) is 10.2. The first-order chi connectivity index (χ1) is 17.8. The molecule has 0 unspecified atom stereocenters. The number of benzene rings is 3. The third kappa shape index (κ3) is 6.88. The van der Waals surface area contributed by atoms with Gasteiger partial charge < -0.3 is 14.9 Å². The highest BCUT2D eigenvalue weighted by Gasteiger charge is 2.27. The summed E-state index contributed by atoms with van der Waals surface area (Å²) < 4.78 is 0. The SMILES string of the molecule is Cc1cc(C=CC(=O)O)cc(N(Cc2ccc(-c3ccc(N(C)C)cc3)cc2)C(=O)C2CCCCC2)c1. The highest BCUT2D eigenvalue weighted by Crippen LogP contribution is 2.31. The smallest absolute Gasteiger partial charge is 0.328 e. The molecule has 0 bridgehead atoms. The van der Waals surface area contributed by atoms with E-state index in [0.29, 0.717) is 6.54 Å². The molecule has 1 aliphatic rings. The molecule has 4 rings (SSSR count). The maximum atomic E-state index is 13.8. The first-order valence-electron chi connectivity index (χ1n) is 13.0. The van der Waals surface area contributed by atoms with Crippen LogP contribution in [0, 0.1) is 12.8 Å². The fourth-order valence-corrected chi connectivity index (χ4v) is 5.02. The van der Waals surface area contributed by atoms with Crippen LogP contribution in [-0.2, 0) is 16.1 Å². The average Bonchev–Trinajstić information content (AvgIpc) is 2.91. The van der Waals surface area contributed by atoms with E-state index in [0.717, 1.165) is 71.0 Å². The van der Waals surface area contributed by atoms with Crippen molar-refractivity contribution in [2.24, 2.45) is 5.92 Å². The molecule has 192 valence electrons. The molecule has 0 saturated heterocycles. The lowest BCUT2D eigenvalue weighted by Crippen LogP contribution is -2.36. The maximum absolute atomic E-state index is 13.8. The molecule has 1 N–H and O–H groups in total. The highest BCUT2D eigenvalue weighted by atomic mass is 16.4. The van der Waals surface area contributed by atoms with Gasteiger partial charge in [-0.15, -0.1) is 0 Å². The van der Waals surface area contributed by atoms with Crippen molar-refractivity contribution in [2.45, 2.75) is 45.6 Å². The molecule has 37 heavy (non-hydrogen) atoms. The fourth-order valence-electron chi connectivity index (χ4n) is 5.02. The summed E-state index contributed by atoms with van der Waals surface area (Å²) in [7, 11) is 4.06. The number of anilines is 2. The zero-order valence-corrected chi connectivity index (χ0v) is 22.0. The van der Waals surface area contributed by atoms with Gasteiger partial charge in [-0.05, 0) is 77.9 Å². The molecular formula is C32H36N2O3. The van der Waals surface area contributed by atoms with E-state index in [1.54, 1.807) is 6.08 Å². The van der Waals surface area contributed by atoms with Crippen molar-refractivity contribution in [1.82, 2.24) is 0 Å². The first-order valence-corrected chi connectivity index (χ1v) is 13.0. The number of aryl methyl sites for hydroxylation is 1. The van der Waals surface area contributed by atoms with Crippen molar-refractivity contribution in [1.29, 1.82) is 0 Å². The van der Waals surface area contributed by atoms with Gasteiger partial charge in [-0.25, -0.2) is 4.79 Å². The molecule has 1 amide bonds. The van der Waals surface area contributed by atoms with Crippen LogP contribution in [0.4, 0.5) is 11.4 Å². The minimum atomic E-state index is -0.991. The van der Waals surface area contributed by atoms with Crippen LogP contribution in [0.25, 0.3) is 17.2 Å². The lowest BCUT2D eigenvalue weighted by Gasteiger charge is -2.30. The molecule has 5 nitrogen and oxygen atoms in total. The Hall–Kier alpha value is -3.86. The summed E-state index contributed by atoms with van der Waals surface area (Å²) in [5, 5.41) is 9.06. The number of hydrogen-bond acceptors (Lipinski definition) is 3. The first kappa shape index (κ1) is 26.2. The molecule has 0 heterocycles. The molecule has 1 fully saturated rings. The normalized spacial score (nSPS) is 14.0. The van der Waals surface area contributed by atoms with E-state index in [9.17, 15) is 9.59 Å². The van der Waals surface area contributed by atoms with Gasteiger partial charge in [0.25, 0.3) is 0 Å². The van der Waals surface area contributed by atoms with Gasteiger partial charge in [-0.3, -0.25) is 4.79 Å². The Kier molecular flexibility index (Phi) is 8.44. The fraction of sp³-hybridized carbons (Fsp3) is 0.312. The molecule has 0 aromatic heterocycles. The molecule has 1 saturated carbocycles. The maximum Gasteiger partial charge on any atom is 0.328 e. The number of hydrogen-bond donors (Lipinski definition) is 1. The summed E-state index contributed by atoms with van der Waals surface area (Å²) in [5.41, 5.74) is 7.08. The molecule has 1 aliphatic carbocycles. The van der Waals surface area contributed by atoms with Crippen molar-refractivity contribution >= 4 is 29.3 Å². The molecule has 0 radical (unpaired) electrons. The summed E-state index contributed by atoms with van der Waals surface area (Å²) in [6, 6.07) is 22.7. The van der Waals surface area contributed by atoms with Gasteiger partial charge in [0.1, 0.15) is 0 Å². The number of aliphatic carboxylic acids is 1. The van der Waals surface area contributed by atoms with Crippen molar-refractivity contribution in [3.05, 3.63) is 89.5 Å². The molecule has 3 aromatic carbocycles. The predicted molar refractivity (Wildman–Crippen MR) is 152 cm³/mol. The number of amides is 1. The zero-order chi connectivity index (χ0) is 26.4. The summed E-state index contributed by atoms with van der Waals surface area (Å²) in [5.74, 6) is -0.807. The third-order valence-electron chi connectivity index (χ3n) is 7.05. The lowest BCUT2D eigenvalue weighted by molar-refractivity contribution is -0.131. The highest BCUT2D eigenvalue weighted by molar-refractivity contribution is 5.95. The molecule has 3 aromatic rings. The summed E-state index contributed by atoms with van der Waals surface area (Å²) >= 11 is 0. The Morgan fingerprint density at radius 2 is 1.49 bits per heavy atom. The molecule has 0 atom stereocenters. The standard InChI is InChI=1S/C32H36N2O3/c1-23-19-25(11-18-31(35)36)21-30(20-23)34(32(37)28-7-5-4-6-8-28)22-24-9-12-26(13-10-24)27-14-16-29(17-15-27)33(2)3/h9-21,28H,4-8,22H2,1-3H3,(H,35,36). The van der Waals surface area contributed by atoms with E-state index < -0.39 is 5.97 Å². The molecule has 5 heteroatoms. The average molecular weight is 497 g/mol. The van der Waals surface area contributed by atoms with Crippen LogP contribution in [-0.4, -0.2) is 31.1 Å². The van der Waals surface area contributed by atoms with Crippen LogP contribution < -0.4 is 9.80 Å². The van der Waals surface area contributed by atoms with Crippen LogP contribution in [0.2, 0.25) is 0 Å². The lowest BCUT2D eigenvalue weighted by atomic mass is 9.88. The van der Waals surface area contributed by atoms with Gasteiger partial charge in [-0.2, -0.15) is 0 Å². The van der Waals surface area contributed by atoms with Crippen LogP contribution in [0.5, 0.6) is 0 Å². The molecular weight excluding hydrogens is 460 g/mol. The van der Waals surface area contributed by atoms with Crippen LogP contribution in [0.3, 0.4) is 0 Å². The van der Waals surface area contributed by atoms with Gasteiger partial charge in [0.15, 0.2) is 0 Å². The van der Waals surface area contributed by atoms with Crippen LogP contribution in [0.1, 0.15) is 48.8 Å². The molecule has 0 spiro atoms. The number of carboxylic acid groups (broad SMARTS) is 1. The van der Waals surface area contributed by atoms with E-state index in [4.69, 9.17) is 5.11 Å². The Bertz CT molecular complexity index is 1250. The van der Waals surface area contributed by atoms with Gasteiger partial charge >= 0.3 is 5.97 Å². The van der Waals surface area contributed by atoms with Gasteiger partial charge in [0.05, 0.1) is 6.54 Å². The second kappa shape index (κ2) is 11.9. The summed E-state index contributed by atoms with van der Waals surface area (Å²) in [6.45, 7) is 2.45. The van der Waals surface area contributed by atoms with E-state index >= 15 is 0 Å². The Morgan fingerprint density at radius 1 is 0.865 bits per heavy atom. The summed E-state index contributed by atoms with van der Waals surface area (Å²) in [6.07, 6.45) is 7.94. The minimum absolute atomic E-state index is 0.0294. The van der Waals surface area contributed by atoms with Crippen molar-refractivity contribution < 1.29 is 14.7 Å². The van der Waals surface area contributed by atoms with Gasteiger partial charge in [-0.1, -0.05) is 61.7 Å². The number of rotatable bonds is 8. The van der Waals surface area contributed by atoms with Crippen LogP contribution in [0.15, 0.2) is 72.8 Å². The topological polar surface area (TPSA) is 60.9 Å². The van der Waals surface area contributed by atoms with E-state index in [1.165, 1.54) is 6.42 Å². The summed E-state index contributed by atoms with van der Waals surface area (Å²) in [4.78, 5) is 28.8.